The molecule has 0 radical (unpaired) electrons. The van der Waals surface area contributed by atoms with Gasteiger partial charge in [0, 0.05) is 23.2 Å². The molecule has 1 aromatic carbocycles. The number of carbonyl (C=O) groups excluding carboxylic acids is 1. The highest BCUT2D eigenvalue weighted by molar-refractivity contribution is 8.26. The Kier molecular flexibility index (Phi) is 7.38. The summed E-state index contributed by atoms with van der Waals surface area (Å²) >= 11 is 12.8. The van der Waals surface area contributed by atoms with Crippen molar-refractivity contribution in [1.29, 1.82) is 0 Å². The molecule has 1 aliphatic heterocycles. The van der Waals surface area contributed by atoms with E-state index in [9.17, 15) is 4.79 Å². The Labute approximate surface area is 181 Å². The minimum Gasteiger partial charge on any atom is -0.457 e. The van der Waals surface area contributed by atoms with Gasteiger partial charge in [0.05, 0.1) is 4.91 Å². The summed E-state index contributed by atoms with van der Waals surface area (Å²) in [5.74, 6) is 1.85. The van der Waals surface area contributed by atoms with Crippen LogP contribution in [0.2, 0.25) is 5.02 Å². The third-order valence-corrected chi connectivity index (χ3v) is 6.52. The van der Waals surface area contributed by atoms with E-state index in [4.69, 9.17) is 28.2 Å². The molecule has 1 atom stereocenters. The van der Waals surface area contributed by atoms with Gasteiger partial charge in [-0.3, -0.25) is 9.69 Å². The molecule has 1 unspecified atom stereocenters. The summed E-state index contributed by atoms with van der Waals surface area (Å²) in [6.07, 6.45) is 6.32. The first-order valence-corrected chi connectivity index (χ1v) is 11.2. The third-order valence-electron chi connectivity index (χ3n) is 4.89. The second-order valence-electron chi connectivity index (χ2n) is 6.92. The Bertz CT molecular complexity index is 873. The van der Waals surface area contributed by atoms with Gasteiger partial charge in [0.1, 0.15) is 15.8 Å². The minimum atomic E-state index is -0.0191. The number of thioether (sulfide) groups is 1. The molecule has 1 aliphatic rings. The summed E-state index contributed by atoms with van der Waals surface area (Å²) in [5.41, 5.74) is 0.943. The lowest BCUT2D eigenvalue weighted by atomic mass is 9.99. The van der Waals surface area contributed by atoms with Gasteiger partial charge in [-0.2, -0.15) is 0 Å². The van der Waals surface area contributed by atoms with Crippen molar-refractivity contribution in [2.45, 2.75) is 39.5 Å². The molecule has 2 aromatic rings. The molecule has 6 heteroatoms. The topological polar surface area (TPSA) is 33.5 Å². The van der Waals surface area contributed by atoms with E-state index in [0.717, 1.165) is 24.2 Å². The van der Waals surface area contributed by atoms with Gasteiger partial charge in [0.15, 0.2) is 0 Å². The number of thiocarbonyl (C=S) groups is 1. The van der Waals surface area contributed by atoms with Crippen LogP contribution in [-0.2, 0) is 4.79 Å². The van der Waals surface area contributed by atoms with Gasteiger partial charge in [-0.05, 0) is 48.7 Å². The van der Waals surface area contributed by atoms with Crippen LogP contribution in [0.25, 0.3) is 17.4 Å². The molecule has 28 heavy (non-hydrogen) atoms. The number of unbranched alkanes of at least 4 members (excludes halogenated alkanes) is 1. The number of rotatable bonds is 8. The van der Waals surface area contributed by atoms with E-state index in [1.54, 1.807) is 11.0 Å². The van der Waals surface area contributed by atoms with Crippen molar-refractivity contribution in [3.05, 3.63) is 52.1 Å². The Hall–Kier alpha value is -1.56. The number of amides is 1. The molecule has 1 fully saturated rings. The molecule has 0 saturated carbocycles. The summed E-state index contributed by atoms with van der Waals surface area (Å²) in [7, 11) is 0. The van der Waals surface area contributed by atoms with E-state index in [-0.39, 0.29) is 5.91 Å². The van der Waals surface area contributed by atoms with Crippen molar-refractivity contribution in [3.8, 4) is 11.3 Å². The smallest absolute Gasteiger partial charge is 0.266 e. The first kappa shape index (κ1) is 21.2. The highest BCUT2D eigenvalue weighted by Gasteiger charge is 2.33. The van der Waals surface area contributed by atoms with Crippen LogP contribution in [0.1, 0.15) is 45.3 Å². The highest BCUT2D eigenvalue weighted by atomic mass is 35.5. The van der Waals surface area contributed by atoms with Crippen LogP contribution in [0.4, 0.5) is 0 Å². The van der Waals surface area contributed by atoms with E-state index in [1.807, 2.05) is 36.4 Å². The molecule has 1 saturated heterocycles. The fraction of sp³-hybridized carbons (Fsp3) is 0.364. The second kappa shape index (κ2) is 9.77. The summed E-state index contributed by atoms with van der Waals surface area (Å²) in [4.78, 5) is 15.2. The van der Waals surface area contributed by atoms with Crippen molar-refractivity contribution < 1.29 is 9.21 Å². The van der Waals surface area contributed by atoms with Gasteiger partial charge in [-0.15, -0.1) is 0 Å². The lowest BCUT2D eigenvalue weighted by Crippen LogP contribution is -2.33. The number of hydrogen-bond acceptors (Lipinski definition) is 4. The van der Waals surface area contributed by atoms with Gasteiger partial charge in [-0.25, -0.2) is 0 Å². The van der Waals surface area contributed by atoms with Crippen LogP contribution in [0.5, 0.6) is 0 Å². The number of benzene rings is 1. The van der Waals surface area contributed by atoms with Gasteiger partial charge in [0.25, 0.3) is 5.91 Å². The van der Waals surface area contributed by atoms with E-state index in [1.165, 1.54) is 24.6 Å². The summed E-state index contributed by atoms with van der Waals surface area (Å²) in [6.45, 7) is 5.07. The van der Waals surface area contributed by atoms with Gasteiger partial charge >= 0.3 is 0 Å². The summed E-state index contributed by atoms with van der Waals surface area (Å²) in [5, 5.41) is 0.684. The first-order valence-electron chi connectivity index (χ1n) is 9.63. The Morgan fingerprint density at radius 2 is 1.96 bits per heavy atom. The van der Waals surface area contributed by atoms with E-state index in [2.05, 4.69) is 13.8 Å². The summed E-state index contributed by atoms with van der Waals surface area (Å²) < 4.78 is 6.53. The third kappa shape index (κ3) is 5.07. The molecule has 0 spiro atoms. The molecular weight excluding hydrogens is 410 g/mol. The highest BCUT2D eigenvalue weighted by Crippen LogP contribution is 2.35. The predicted octanol–water partition coefficient (Wildman–Crippen LogP) is 7.02. The van der Waals surface area contributed by atoms with Crippen LogP contribution in [0.15, 0.2) is 45.7 Å². The van der Waals surface area contributed by atoms with E-state index >= 15 is 0 Å². The second-order valence-corrected chi connectivity index (χ2v) is 9.03. The van der Waals surface area contributed by atoms with Crippen LogP contribution >= 0.6 is 35.6 Å². The molecule has 3 nitrogen and oxygen atoms in total. The standard InChI is InChI=1S/C22H24ClNO2S2/c1-3-5-6-15(4-2)14-24-21(25)20(28-22(24)27)13-18-11-12-19(26-18)16-7-9-17(23)10-8-16/h7-13,15H,3-6,14H2,1-2H3. The number of furan rings is 1. The number of carbonyl (C=O) groups is 1. The fourth-order valence-electron chi connectivity index (χ4n) is 3.16. The average molecular weight is 434 g/mol. The monoisotopic (exact) mass is 433 g/mol. The van der Waals surface area contributed by atoms with Gasteiger partial charge in [0.2, 0.25) is 0 Å². The van der Waals surface area contributed by atoms with E-state index in [0.29, 0.717) is 32.5 Å². The lowest BCUT2D eigenvalue weighted by molar-refractivity contribution is -0.122. The molecule has 1 amide bonds. The quantitative estimate of drug-likeness (QED) is 0.331. The molecule has 0 bridgehead atoms. The normalized spacial score (nSPS) is 17.0. The summed E-state index contributed by atoms with van der Waals surface area (Å²) in [6, 6.07) is 11.2. The van der Waals surface area contributed by atoms with Crippen molar-refractivity contribution >= 4 is 51.9 Å². The molecule has 3 rings (SSSR count). The largest absolute Gasteiger partial charge is 0.457 e. The zero-order valence-electron chi connectivity index (χ0n) is 16.1. The maximum absolute atomic E-state index is 12.9. The molecule has 1 aromatic heterocycles. The number of nitrogens with zero attached hydrogens (tertiary/aromatic N) is 1. The molecule has 2 heterocycles. The minimum absolute atomic E-state index is 0.0191. The number of halogens is 1. The average Bonchev–Trinajstić information content (AvgIpc) is 3.25. The Balaban J connectivity index is 1.72. The zero-order chi connectivity index (χ0) is 20.1. The molecular formula is C22H24ClNO2S2. The Morgan fingerprint density at radius 1 is 1.21 bits per heavy atom. The molecule has 148 valence electrons. The van der Waals surface area contributed by atoms with Gasteiger partial charge in [-0.1, -0.05) is 68.7 Å². The first-order chi connectivity index (χ1) is 13.5. The van der Waals surface area contributed by atoms with Crippen LogP contribution in [0, 0.1) is 5.92 Å². The van der Waals surface area contributed by atoms with Crippen molar-refractivity contribution in [2.24, 2.45) is 5.92 Å². The van der Waals surface area contributed by atoms with E-state index < -0.39 is 0 Å². The number of hydrogen-bond donors (Lipinski definition) is 0. The van der Waals surface area contributed by atoms with Crippen LogP contribution in [-0.4, -0.2) is 21.7 Å². The Morgan fingerprint density at radius 3 is 2.64 bits per heavy atom. The lowest BCUT2D eigenvalue weighted by Gasteiger charge is -2.21. The van der Waals surface area contributed by atoms with Crippen LogP contribution < -0.4 is 0 Å². The van der Waals surface area contributed by atoms with Crippen molar-refractivity contribution in [3.63, 3.8) is 0 Å². The predicted molar refractivity (Wildman–Crippen MR) is 122 cm³/mol. The SMILES string of the molecule is CCCCC(CC)CN1C(=O)C(=Cc2ccc(-c3ccc(Cl)cc3)o2)SC1=S. The maximum Gasteiger partial charge on any atom is 0.266 e. The van der Waals surface area contributed by atoms with Crippen molar-refractivity contribution in [2.75, 3.05) is 6.54 Å². The van der Waals surface area contributed by atoms with Crippen molar-refractivity contribution in [1.82, 2.24) is 4.90 Å². The maximum atomic E-state index is 12.9. The zero-order valence-corrected chi connectivity index (χ0v) is 18.5. The van der Waals surface area contributed by atoms with Gasteiger partial charge < -0.3 is 4.42 Å². The molecule has 0 N–H and O–H groups in total. The van der Waals surface area contributed by atoms with Crippen LogP contribution in [0.3, 0.4) is 0 Å². The fourth-order valence-corrected chi connectivity index (χ4v) is 4.54. The molecule has 0 aliphatic carbocycles.